The summed E-state index contributed by atoms with van der Waals surface area (Å²) in [4.78, 5) is 10.1. The number of rotatable bonds is 0. The molecule has 0 bridgehead atoms. The van der Waals surface area contributed by atoms with Gasteiger partial charge in [0.15, 0.2) is 0 Å². The number of morpholine rings is 1. The second-order valence-corrected chi connectivity index (χ2v) is 23.6. The minimum Gasteiger partial charge on any atom is -0.379 e. The topological polar surface area (TPSA) is 55.5 Å². The van der Waals surface area contributed by atoms with E-state index in [-0.39, 0.29) is 0 Å². The lowest BCUT2D eigenvalue weighted by molar-refractivity contribution is -0.00389. The Balaban J connectivity index is 0.000000342. The number of nitrogens with zero attached hydrogens (tertiary/aromatic N) is 4. The van der Waals surface area contributed by atoms with Crippen LogP contribution in [0, 0.1) is 10.8 Å². The normalized spacial score (nSPS) is 24.9. The molecular weight excluding hydrogens is 705 g/mol. The molecule has 0 aromatic rings. The highest BCUT2D eigenvalue weighted by molar-refractivity contribution is 4.85. The third kappa shape index (κ3) is 24.6. The summed E-state index contributed by atoms with van der Waals surface area (Å²) < 4.78 is 10.8. The van der Waals surface area contributed by atoms with Crippen molar-refractivity contribution in [1.82, 2.24) is 30.2 Å². The van der Waals surface area contributed by atoms with Gasteiger partial charge in [0.2, 0.25) is 0 Å². The molecule has 8 nitrogen and oxygen atoms in total. The van der Waals surface area contributed by atoms with Crippen molar-refractivity contribution in [2.24, 2.45) is 10.8 Å². The van der Waals surface area contributed by atoms with Crippen molar-refractivity contribution in [1.29, 1.82) is 0 Å². The number of likely N-dealkylation sites (tertiary alicyclic amines) is 2. The van der Waals surface area contributed by atoms with Crippen molar-refractivity contribution in [3.63, 3.8) is 0 Å². The SMILES string of the molecule is CC(C)(C)C1CCCN1.CC(C)(C)C1CCCO1.CC(C)(C)N1CCCC1.CC(C)(C)N1CCCCC1.CC(C)(C)N1CCNCC1.CC(C)(C)N1CCOCC1. The highest BCUT2D eigenvalue weighted by Crippen LogP contribution is 2.30. The number of hydrogen-bond acceptors (Lipinski definition) is 8. The van der Waals surface area contributed by atoms with E-state index in [0.717, 1.165) is 52.0 Å². The Bertz CT molecular complexity index is 845. The highest BCUT2D eigenvalue weighted by Gasteiger charge is 2.29. The highest BCUT2D eigenvalue weighted by atomic mass is 16.5. The Morgan fingerprint density at radius 3 is 1.04 bits per heavy atom. The minimum absolute atomic E-state index is 0.323. The monoisotopic (exact) mass is 809 g/mol. The summed E-state index contributed by atoms with van der Waals surface area (Å²) in [6.07, 6.45) is 12.8. The first-order valence-electron chi connectivity index (χ1n) is 23.8. The molecule has 0 aromatic carbocycles. The van der Waals surface area contributed by atoms with Gasteiger partial charge in [-0.05, 0) is 178 Å². The van der Waals surface area contributed by atoms with Gasteiger partial charge in [0.1, 0.15) is 0 Å². The molecule has 0 radical (unpaired) electrons. The van der Waals surface area contributed by atoms with E-state index in [9.17, 15) is 0 Å². The molecule has 6 aliphatic rings. The van der Waals surface area contributed by atoms with Gasteiger partial charge in [-0.25, -0.2) is 0 Å². The average molecular weight is 809 g/mol. The fourth-order valence-corrected chi connectivity index (χ4v) is 8.21. The Morgan fingerprint density at radius 1 is 0.386 bits per heavy atom. The molecule has 6 aliphatic heterocycles. The summed E-state index contributed by atoms with van der Waals surface area (Å²) >= 11 is 0. The van der Waals surface area contributed by atoms with Crippen molar-refractivity contribution in [3.8, 4) is 0 Å². The van der Waals surface area contributed by atoms with Crippen molar-refractivity contribution >= 4 is 0 Å². The Morgan fingerprint density at radius 2 is 0.789 bits per heavy atom. The van der Waals surface area contributed by atoms with Crippen molar-refractivity contribution < 1.29 is 9.47 Å². The molecular formula is C49H104N6O2. The maximum Gasteiger partial charge on any atom is 0.0624 e. The molecule has 2 N–H and O–H groups in total. The molecule has 342 valence electrons. The van der Waals surface area contributed by atoms with Crippen LogP contribution in [0.15, 0.2) is 0 Å². The number of ether oxygens (including phenoxy) is 2. The maximum absolute atomic E-state index is 5.52. The van der Waals surface area contributed by atoms with Crippen LogP contribution in [0.25, 0.3) is 0 Å². The smallest absolute Gasteiger partial charge is 0.0624 e. The van der Waals surface area contributed by atoms with Gasteiger partial charge in [-0.15, -0.1) is 0 Å². The maximum atomic E-state index is 5.52. The van der Waals surface area contributed by atoms with Crippen LogP contribution >= 0.6 is 0 Å². The van der Waals surface area contributed by atoms with Gasteiger partial charge in [-0.3, -0.25) is 19.6 Å². The first kappa shape index (κ1) is 54.7. The average Bonchev–Trinajstić information content (AvgIpc) is 3.94. The molecule has 6 heterocycles. The second-order valence-electron chi connectivity index (χ2n) is 23.6. The lowest BCUT2D eigenvalue weighted by Gasteiger charge is -2.38. The number of hydrogen-bond donors (Lipinski definition) is 2. The van der Waals surface area contributed by atoms with Crippen LogP contribution in [-0.4, -0.2) is 146 Å². The number of piperazine rings is 1. The first-order chi connectivity index (χ1) is 26.1. The largest absolute Gasteiger partial charge is 0.379 e. The predicted octanol–water partition coefficient (Wildman–Crippen LogP) is 9.95. The van der Waals surface area contributed by atoms with E-state index in [1.165, 1.54) is 104 Å². The van der Waals surface area contributed by atoms with E-state index >= 15 is 0 Å². The van der Waals surface area contributed by atoms with Crippen LogP contribution in [0.1, 0.15) is 182 Å². The van der Waals surface area contributed by atoms with E-state index < -0.39 is 0 Å². The molecule has 6 rings (SSSR count). The molecule has 6 saturated heterocycles. The summed E-state index contributed by atoms with van der Waals surface area (Å²) in [6.45, 7) is 57.1. The first-order valence-corrected chi connectivity index (χ1v) is 23.8. The molecule has 0 aromatic heterocycles. The predicted molar refractivity (Wildman–Crippen MR) is 251 cm³/mol. The van der Waals surface area contributed by atoms with Crippen LogP contribution < -0.4 is 10.6 Å². The lowest BCUT2D eigenvalue weighted by Crippen LogP contribution is -2.51. The molecule has 6 fully saturated rings. The van der Waals surface area contributed by atoms with Crippen molar-refractivity contribution in [3.05, 3.63) is 0 Å². The quantitative estimate of drug-likeness (QED) is 0.251. The molecule has 0 saturated carbocycles. The van der Waals surface area contributed by atoms with Crippen LogP contribution in [-0.2, 0) is 9.47 Å². The zero-order valence-electron chi connectivity index (χ0n) is 42.0. The van der Waals surface area contributed by atoms with Crippen molar-refractivity contribution in [2.75, 3.05) is 91.8 Å². The molecule has 57 heavy (non-hydrogen) atoms. The molecule has 0 spiro atoms. The van der Waals surface area contributed by atoms with E-state index in [0.29, 0.717) is 39.1 Å². The molecule has 8 heteroatoms. The molecule has 2 atom stereocenters. The summed E-state index contributed by atoms with van der Waals surface area (Å²) in [6, 6.07) is 0.762. The van der Waals surface area contributed by atoms with Gasteiger partial charge in [0.05, 0.1) is 19.3 Å². The van der Waals surface area contributed by atoms with Gasteiger partial charge in [-0.1, -0.05) is 48.0 Å². The van der Waals surface area contributed by atoms with Crippen molar-refractivity contribution in [2.45, 2.75) is 217 Å². The summed E-state index contributed by atoms with van der Waals surface area (Å²) in [5.41, 5.74) is 2.33. The van der Waals surface area contributed by atoms with Crippen LogP contribution in [0.5, 0.6) is 0 Å². The lowest BCUT2D eigenvalue weighted by atomic mass is 9.86. The van der Waals surface area contributed by atoms with Gasteiger partial charge in [0.25, 0.3) is 0 Å². The Labute approximate surface area is 358 Å². The van der Waals surface area contributed by atoms with Gasteiger partial charge >= 0.3 is 0 Å². The second kappa shape index (κ2) is 25.6. The molecule has 0 aliphatic carbocycles. The Kier molecular flexibility index (Phi) is 24.5. The van der Waals surface area contributed by atoms with Crippen LogP contribution in [0.3, 0.4) is 0 Å². The van der Waals surface area contributed by atoms with Gasteiger partial charge in [0, 0.05) is 74.1 Å². The summed E-state index contributed by atoms with van der Waals surface area (Å²) in [5, 5.41) is 6.84. The fraction of sp³-hybridized carbons (Fsp3) is 1.00. The summed E-state index contributed by atoms with van der Waals surface area (Å²) in [5.74, 6) is 0. The van der Waals surface area contributed by atoms with E-state index in [1.807, 2.05) is 0 Å². The Hall–Kier alpha value is -0.320. The summed E-state index contributed by atoms with van der Waals surface area (Å²) in [7, 11) is 0. The number of piperidine rings is 1. The van der Waals surface area contributed by atoms with Gasteiger partial charge in [-0.2, -0.15) is 0 Å². The minimum atomic E-state index is 0.323. The van der Waals surface area contributed by atoms with E-state index in [1.54, 1.807) is 0 Å². The third-order valence-corrected chi connectivity index (χ3v) is 12.4. The van der Waals surface area contributed by atoms with Crippen LogP contribution in [0.4, 0.5) is 0 Å². The molecule has 0 amide bonds. The standard InChI is InChI=1S/C9H19N.C8H18N2.C8H17NO.2C8H17N.C8H16O/c1-9(2,3)10-7-5-4-6-8-10;1-8(2,3)10-6-4-9-5-7-10;1-8(2,3)9-4-6-10-7-5-9;1-8(2,3)9-6-4-5-7-9;2*1-8(2,3)7-5-4-6-9-7/h4-8H2,1-3H3;9H,4-7H2,1-3H3;4-7H2,1-3H3;4-7H2,1-3H3;7,9H,4-6H2,1-3H3;7H,4-6H2,1-3H3. The van der Waals surface area contributed by atoms with E-state index in [4.69, 9.17) is 9.47 Å². The molecule has 2 unspecified atom stereocenters. The zero-order valence-corrected chi connectivity index (χ0v) is 42.0. The van der Waals surface area contributed by atoms with Crippen LogP contribution in [0.2, 0.25) is 0 Å². The zero-order chi connectivity index (χ0) is 43.6. The fourth-order valence-electron chi connectivity index (χ4n) is 8.21. The van der Waals surface area contributed by atoms with Gasteiger partial charge < -0.3 is 20.1 Å². The number of nitrogens with one attached hydrogen (secondary N) is 2. The van der Waals surface area contributed by atoms with E-state index in [2.05, 4.69) is 155 Å². The third-order valence-electron chi connectivity index (χ3n) is 12.4.